The second kappa shape index (κ2) is 4.42. The largest absolute Gasteiger partial charge is 0.375 e. The molecule has 20 heavy (non-hydrogen) atoms. The minimum atomic E-state index is -1.68. The highest BCUT2D eigenvalue weighted by molar-refractivity contribution is 6.09. The van der Waals surface area contributed by atoms with Gasteiger partial charge < -0.3 is 10.0 Å². The van der Waals surface area contributed by atoms with Crippen LogP contribution >= 0.6 is 0 Å². The van der Waals surface area contributed by atoms with Crippen LogP contribution < -0.4 is 4.90 Å². The second-order valence-corrected chi connectivity index (χ2v) is 6.05. The Morgan fingerprint density at radius 3 is 2.75 bits per heavy atom. The predicted octanol–water partition coefficient (Wildman–Crippen LogP) is 1.86. The van der Waals surface area contributed by atoms with Crippen molar-refractivity contribution in [2.24, 2.45) is 11.8 Å². The molecule has 0 unspecified atom stereocenters. The summed E-state index contributed by atoms with van der Waals surface area (Å²) in [4.78, 5) is 26.3. The maximum absolute atomic E-state index is 12.6. The van der Waals surface area contributed by atoms with E-state index in [1.54, 1.807) is 19.2 Å². The van der Waals surface area contributed by atoms with E-state index in [9.17, 15) is 14.7 Å². The lowest BCUT2D eigenvalue weighted by molar-refractivity contribution is -0.153. The van der Waals surface area contributed by atoms with Gasteiger partial charge in [-0.2, -0.15) is 0 Å². The van der Waals surface area contributed by atoms with Gasteiger partial charge >= 0.3 is 0 Å². The second-order valence-electron chi connectivity index (χ2n) is 6.05. The van der Waals surface area contributed by atoms with Gasteiger partial charge in [-0.15, -0.1) is 0 Å². The number of rotatable bonds is 1. The lowest BCUT2D eigenvalue weighted by atomic mass is 9.70. The lowest BCUT2D eigenvalue weighted by Gasteiger charge is -2.35. The van der Waals surface area contributed by atoms with Gasteiger partial charge in [-0.3, -0.25) is 9.59 Å². The van der Waals surface area contributed by atoms with Crippen molar-refractivity contribution in [3.05, 3.63) is 29.8 Å². The van der Waals surface area contributed by atoms with Crippen LogP contribution in [0, 0.1) is 11.8 Å². The van der Waals surface area contributed by atoms with E-state index in [1.807, 2.05) is 12.1 Å². The Kier molecular flexibility index (Phi) is 2.94. The number of fused-ring (bicyclic) bond motifs is 1. The van der Waals surface area contributed by atoms with Crippen LogP contribution in [0.5, 0.6) is 0 Å². The van der Waals surface area contributed by atoms with E-state index >= 15 is 0 Å². The van der Waals surface area contributed by atoms with E-state index in [0.717, 1.165) is 6.42 Å². The third-order valence-corrected chi connectivity index (χ3v) is 4.72. The molecular formula is C16H19NO3. The van der Waals surface area contributed by atoms with E-state index in [-0.39, 0.29) is 11.7 Å². The molecule has 1 aliphatic heterocycles. The standard InChI is InChI=1S/C16H19NO3/c1-10-7-8-14(18)12(9-10)16(20)11-5-3-4-6-13(11)17(2)15(16)19/h3-6,10,12,20H,7-9H2,1-2H3/t10-,12-,16-/m0/s1. The molecular weight excluding hydrogens is 254 g/mol. The molecule has 2 aliphatic rings. The number of carbonyl (C=O) groups excluding carboxylic acids is 2. The zero-order valence-corrected chi connectivity index (χ0v) is 11.8. The summed E-state index contributed by atoms with van der Waals surface area (Å²) in [5.41, 5.74) is -0.414. The van der Waals surface area contributed by atoms with Crippen LogP contribution in [0.25, 0.3) is 0 Å². The van der Waals surface area contributed by atoms with Gasteiger partial charge in [-0.25, -0.2) is 0 Å². The maximum atomic E-state index is 12.6. The van der Waals surface area contributed by atoms with Crippen molar-refractivity contribution >= 4 is 17.4 Å². The van der Waals surface area contributed by atoms with Crippen molar-refractivity contribution in [1.82, 2.24) is 0 Å². The number of likely N-dealkylation sites (N-methyl/N-ethyl adjacent to an activating group) is 1. The van der Waals surface area contributed by atoms with Crippen LogP contribution in [0.15, 0.2) is 24.3 Å². The first-order chi connectivity index (χ1) is 9.46. The molecule has 0 saturated heterocycles. The molecule has 1 aromatic rings. The van der Waals surface area contributed by atoms with E-state index < -0.39 is 11.5 Å². The Balaban J connectivity index is 2.11. The summed E-state index contributed by atoms with van der Waals surface area (Å²) < 4.78 is 0. The van der Waals surface area contributed by atoms with Crippen molar-refractivity contribution in [2.75, 3.05) is 11.9 Å². The van der Waals surface area contributed by atoms with Gasteiger partial charge in [-0.1, -0.05) is 25.1 Å². The zero-order chi connectivity index (χ0) is 14.5. The topological polar surface area (TPSA) is 57.6 Å². The number of hydrogen-bond donors (Lipinski definition) is 1. The van der Waals surface area contributed by atoms with Crippen molar-refractivity contribution in [3.8, 4) is 0 Å². The normalized spacial score (nSPS) is 33.5. The van der Waals surface area contributed by atoms with Crippen LogP contribution in [0.3, 0.4) is 0 Å². The van der Waals surface area contributed by atoms with E-state index in [0.29, 0.717) is 30.0 Å². The highest BCUT2D eigenvalue weighted by Crippen LogP contribution is 2.47. The Morgan fingerprint density at radius 2 is 2.00 bits per heavy atom. The van der Waals surface area contributed by atoms with Gasteiger partial charge in [0.2, 0.25) is 0 Å². The number of ketones is 1. The molecule has 0 radical (unpaired) electrons. The molecule has 0 aromatic heterocycles. The summed E-state index contributed by atoms with van der Waals surface area (Å²) in [6, 6.07) is 7.19. The molecule has 1 heterocycles. The Morgan fingerprint density at radius 1 is 1.30 bits per heavy atom. The molecule has 1 fully saturated rings. The first kappa shape index (κ1) is 13.3. The smallest absolute Gasteiger partial charge is 0.264 e. The molecule has 0 bridgehead atoms. The first-order valence-electron chi connectivity index (χ1n) is 7.09. The number of carbonyl (C=O) groups is 2. The molecule has 0 spiro atoms. The Bertz CT molecular complexity index is 583. The summed E-state index contributed by atoms with van der Waals surface area (Å²) in [5, 5.41) is 11.1. The molecule has 106 valence electrons. The molecule has 1 aliphatic carbocycles. The predicted molar refractivity (Wildman–Crippen MR) is 75.3 cm³/mol. The number of Topliss-reactive ketones (excluding diaryl/α,β-unsaturated/α-hetero) is 1. The summed E-state index contributed by atoms with van der Waals surface area (Å²) in [6.07, 6.45) is 1.87. The molecule has 1 amide bonds. The maximum Gasteiger partial charge on any atom is 0.264 e. The van der Waals surface area contributed by atoms with Gasteiger partial charge in [0.1, 0.15) is 5.78 Å². The van der Waals surface area contributed by atoms with Gasteiger partial charge in [-0.05, 0) is 24.8 Å². The average Bonchev–Trinajstić information content (AvgIpc) is 2.65. The molecule has 1 aromatic carbocycles. The minimum Gasteiger partial charge on any atom is -0.375 e. The minimum absolute atomic E-state index is 0.00375. The summed E-state index contributed by atoms with van der Waals surface area (Å²) in [6.45, 7) is 2.07. The Labute approximate surface area is 118 Å². The Hall–Kier alpha value is -1.68. The fourth-order valence-corrected chi connectivity index (χ4v) is 3.52. The first-order valence-corrected chi connectivity index (χ1v) is 7.09. The van der Waals surface area contributed by atoms with Gasteiger partial charge in [0.05, 0.1) is 11.6 Å². The number of amides is 1. The molecule has 3 atom stereocenters. The molecule has 3 rings (SSSR count). The van der Waals surface area contributed by atoms with Crippen molar-refractivity contribution < 1.29 is 14.7 Å². The summed E-state index contributed by atoms with van der Waals surface area (Å²) in [7, 11) is 1.65. The number of anilines is 1. The van der Waals surface area contributed by atoms with Crippen LogP contribution in [0.2, 0.25) is 0 Å². The SMILES string of the molecule is C[C@H]1CCC(=O)[C@@H]([C@]2(O)C(=O)N(C)c3ccccc32)C1. The van der Waals surface area contributed by atoms with Crippen LogP contribution in [-0.4, -0.2) is 23.8 Å². The highest BCUT2D eigenvalue weighted by Gasteiger charge is 2.56. The van der Waals surface area contributed by atoms with Crippen molar-refractivity contribution in [1.29, 1.82) is 0 Å². The summed E-state index contributed by atoms with van der Waals surface area (Å²) >= 11 is 0. The fourth-order valence-electron chi connectivity index (χ4n) is 3.52. The van der Waals surface area contributed by atoms with E-state index in [2.05, 4.69) is 6.92 Å². The fraction of sp³-hybridized carbons (Fsp3) is 0.500. The average molecular weight is 273 g/mol. The summed E-state index contributed by atoms with van der Waals surface area (Å²) in [5.74, 6) is -0.646. The number of aliphatic hydroxyl groups is 1. The number of para-hydroxylation sites is 1. The number of hydrogen-bond acceptors (Lipinski definition) is 3. The number of benzene rings is 1. The quantitative estimate of drug-likeness (QED) is 0.849. The van der Waals surface area contributed by atoms with Gasteiger partial charge in [0.25, 0.3) is 5.91 Å². The third-order valence-electron chi connectivity index (χ3n) is 4.72. The molecule has 1 N–H and O–H groups in total. The zero-order valence-electron chi connectivity index (χ0n) is 11.8. The van der Waals surface area contributed by atoms with Gasteiger partial charge in [0, 0.05) is 19.0 Å². The monoisotopic (exact) mass is 273 g/mol. The highest BCUT2D eigenvalue weighted by atomic mass is 16.3. The third kappa shape index (κ3) is 1.64. The molecule has 4 nitrogen and oxygen atoms in total. The molecule has 4 heteroatoms. The molecule has 1 saturated carbocycles. The van der Waals surface area contributed by atoms with Gasteiger partial charge in [0.15, 0.2) is 5.60 Å². The van der Waals surface area contributed by atoms with E-state index in [4.69, 9.17) is 0 Å². The van der Waals surface area contributed by atoms with Crippen LogP contribution in [0.4, 0.5) is 5.69 Å². The van der Waals surface area contributed by atoms with E-state index in [1.165, 1.54) is 4.90 Å². The lowest BCUT2D eigenvalue weighted by Crippen LogP contribution is -2.49. The van der Waals surface area contributed by atoms with Crippen LogP contribution in [0.1, 0.15) is 31.7 Å². The van der Waals surface area contributed by atoms with Crippen LogP contribution in [-0.2, 0) is 15.2 Å². The number of nitrogens with zero attached hydrogens (tertiary/aromatic N) is 1. The van der Waals surface area contributed by atoms with Crippen molar-refractivity contribution in [3.63, 3.8) is 0 Å². The van der Waals surface area contributed by atoms with Crippen molar-refractivity contribution in [2.45, 2.75) is 31.8 Å².